The summed E-state index contributed by atoms with van der Waals surface area (Å²) in [7, 11) is 0. The molecule has 5 nitrogen and oxygen atoms in total. The van der Waals surface area contributed by atoms with E-state index >= 15 is 0 Å². The predicted molar refractivity (Wildman–Crippen MR) is 106 cm³/mol. The number of aromatic nitrogens is 3. The second-order valence-electron chi connectivity index (χ2n) is 7.96. The van der Waals surface area contributed by atoms with E-state index < -0.39 is 12.5 Å². The van der Waals surface area contributed by atoms with Crippen LogP contribution >= 0.6 is 0 Å². The van der Waals surface area contributed by atoms with Gasteiger partial charge in [-0.05, 0) is 44.2 Å². The highest BCUT2D eigenvalue weighted by Gasteiger charge is 2.38. The fourth-order valence-corrected chi connectivity index (χ4v) is 4.50. The van der Waals surface area contributed by atoms with Crippen LogP contribution in [0.25, 0.3) is 6.08 Å². The summed E-state index contributed by atoms with van der Waals surface area (Å²) in [6, 6.07) is 9.44. The zero-order valence-corrected chi connectivity index (χ0v) is 16.1. The number of hydrogen-bond donors (Lipinski definition) is 1. The standard InChI is InChI=1S/C21H27F2N5/c1-15(10-16-6-3-2-4-7-16)12-27-9-5-8-17(13-27)18-11-19(20(22)23)28-21(26-18)24-14-25-28/h2-4,6-7,10,14,17-20H,5,8-9,11-13H2,1H3,(H,24,25,26)/b15-10+/t17-,18-,19+/m0/s1. The number of benzene rings is 1. The number of rotatable bonds is 5. The van der Waals surface area contributed by atoms with E-state index in [0.29, 0.717) is 18.3 Å². The van der Waals surface area contributed by atoms with Crippen molar-refractivity contribution in [2.45, 2.75) is 44.7 Å². The number of fused-ring (bicyclic) bond motifs is 1. The Bertz CT molecular complexity index is 804. The Morgan fingerprint density at radius 2 is 2.14 bits per heavy atom. The van der Waals surface area contributed by atoms with E-state index in [-0.39, 0.29) is 6.04 Å². The van der Waals surface area contributed by atoms with Gasteiger partial charge in [-0.2, -0.15) is 10.1 Å². The van der Waals surface area contributed by atoms with Gasteiger partial charge in [-0.25, -0.2) is 13.5 Å². The average Bonchev–Trinajstić information content (AvgIpc) is 3.16. The molecule has 3 atom stereocenters. The summed E-state index contributed by atoms with van der Waals surface area (Å²) < 4.78 is 28.4. The number of alkyl halides is 2. The maximum atomic E-state index is 13.5. The Morgan fingerprint density at radius 3 is 2.93 bits per heavy atom. The van der Waals surface area contributed by atoms with E-state index in [1.165, 1.54) is 22.1 Å². The van der Waals surface area contributed by atoms with Crippen molar-refractivity contribution in [2.75, 3.05) is 25.0 Å². The number of nitrogens with zero attached hydrogens (tertiary/aromatic N) is 4. The van der Waals surface area contributed by atoms with Crippen molar-refractivity contribution in [3.05, 3.63) is 47.8 Å². The molecule has 0 aliphatic carbocycles. The highest BCUT2D eigenvalue weighted by molar-refractivity contribution is 5.52. The summed E-state index contributed by atoms with van der Waals surface area (Å²) in [5, 5.41) is 7.34. The summed E-state index contributed by atoms with van der Waals surface area (Å²) in [4.78, 5) is 6.58. The van der Waals surface area contributed by atoms with Gasteiger partial charge in [0.15, 0.2) is 0 Å². The first-order valence-corrected chi connectivity index (χ1v) is 9.99. The van der Waals surface area contributed by atoms with Gasteiger partial charge in [0.05, 0.1) is 0 Å². The molecule has 0 saturated carbocycles. The topological polar surface area (TPSA) is 46.0 Å². The van der Waals surface area contributed by atoms with Gasteiger partial charge in [-0.1, -0.05) is 42.0 Å². The first kappa shape index (κ1) is 19.1. The van der Waals surface area contributed by atoms with Gasteiger partial charge >= 0.3 is 0 Å². The zero-order chi connectivity index (χ0) is 19.5. The SMILES string of the molecule is C/C(=C\c1ccccc1)CN1CCC[C@H]([C@@H]2C[C@H](C(F)F)n3ncnc3N2)C1. The van der Waals surface area contributed by atoms with Crippen LogP contribution in [-0.4, -0.2) is 51.8 Å². The molecule has 1 aromatic heterocycles. The molecule has 0 radical (unpaired) electrons. The molecule has 2 aliphatic heterocycles. The van der Waals surface area contributed by atoms with Crippen molar-refractivity contribution in [3.63, 3.8) is 0 Å². The Balaban J connectivity index is 1.41. The Labute approximate surface area is 164 Å². The van der Waals surface area contributed by atoms with Crippen molar-refractivity contribution in [3.8, 4) is 0 Å². The Kier molecular flexibility index (Phi) is 5.71. The molecule has 2 aliphatic rings. The van der Waals surface area contributed by atoms with Gasteiger partial charge in [0.2, 0.25) is 5.95 Å². The first-order chi connectivity index (χ1) is 13.6. The van der Waals surface area contributed by atoms with Crippen LogP contribution < -0.4 is 5.32 Å². The van der Waals surface area contributed by atoms with E-state index in [1.807, 2.05) is 18.2 Å². The van der Waals surface area contributed by atoms with E-state index in [0.717, 1.165) is 32.5 Å². The number of piperidine rings is 1. The number of likely N-dealkylation sites (tertiary alicyclic amines) is 1. The van der Waals surface area contributed by atoms with Gasteiger partial charge in [-0.3, -0.25) is 4.90 Å². The third-order valence-corrected chi connectivity index (χ3v) is 5.78. The smallest absolute Gasteiger partial charge is 0.260 e. The Morgan fingerprint density at radius 1 is 1.32 bits per heavy atom. The molecule has 0 unspecified atom stereocenters. The quantitative estimate of drug-likeness (QED) is 0.840. The Hall–Kier alpha value is -2.28. The fraction of sp³-hybridized carbons (Fsp3) is 0.524. The number of hydrogen-bond acceptors (Lipinski definition) is 4. The van der Waals surface area contributed by atoms with E-state index in [4.69, 9.17) is 0 Å². The van der Waals surface area contributed by atoms with Crippen molar-refractivity contribution >= 4 is 12.0 Å². The summed E-state index contributed by atoms with van der Waals surface area (Å²) in [5.41, 5.74) is 2.52. The first-order valence-electron chi connectivity index (χ1n) is 9.99. The lowest BCUT2D eigenvalue weighted by molar-refractivity contribution is 0.0561. The van der Waals surface area contributed by atoms with Crippen LogP contribution in [0.15, 0.2) is 42.2 Å². The summed E-state index contributed by atoms with van der Waals surface area (Å²) in [6.45, 7) is 5.04. The van der Waals surface area contributed by atoms with Crippen LogP contribution in [0.1, 0.15) is 37.8 Å². The molecular formula is C21H27F2N5. The summed E-state index contributed by atoms with van der Waals surface area (Å²) in [6.07, 6.45) is 3.68. The molecular weight excluding hydrogens is 360 g/mol. The molecule has 2 aromatic rings. The fourth-order valence-electron chi connectivity index (χ4n) is 4.50. The lowest BCUT2D eigenvalue weighted by Gasteiger charge is -2.40. The van der Waals surface area contributed by atoms with Crippen molar-refractivity contribution in [1.82, 2.24) is 19.7 Å². The summed E-state index contributed by atoms with van der Waals surface area (Å²) in [5.74, 6) is 0.809. The molecule has 3 heterocycles. The largest absolute Gasteiger partial charge is 0.351 e. The number of halogens is 2. The molecule has 1 N–H and O–H groups in total. The normalized spacial score (nSPS) is 26.1. The molecule has 0 bridgehead atoms. The highest BCUT2D eigenvalue weighted by Crippen LogP contribution is 2.35. The van der Waals surface area contributed by atoms with E-state index in [9.17, 15) is 8.78 Å². The second-order valence-corrected chi connectivity index (χ2v) is 7.96. The van der Waals surface area contributed by atoms with Crippen LogP contribution in [0.2, 0.25) is 0 Å². The van der Waals surface area contributed by atoms with E-state index in [1.54, 1.807) is 0 Å². The predicted octanol–water partition coefficient (Wildman–Crippen LogP) is 4.08. The maximum Gasteiger partial charge on any atom is 0.260 e. The average molecular weight is 387 g/mol. The van der Waals surface area contributed by atoms with Crippen LogP contribution in [0, 0.1) is 5.92 Å². The summed E-state index contributed by atoms with van der Waals surface area (Å²) >= 11 is 0. The third kappa shape index (κ3) is 4.24. The second kappa shape index (κ2) is 8.39. The van der Waals surface area contributed by atoms with Crippen molar-refractivity contribution < 1.29 is 8.78 Å². The molecule has 1 saturated heterocycles. The van der Waals surface area contributed by atoms with Crippen LogP contribution in [0.4, 0.5) is 14.7 Å². The molecule has 4 rings (SSSR count). The van der Waals surface area contributed by atoms with Gasteiger partial charge in [0, 0.05) is 19.1 Å². The van der Waals surface area contributed by atoms with Crippen molar-refractivity contribution in [1.29, 1.82) is 0 Å². The van der Waals surface area contributed by atoms with Crippen molar-refractivity contribution in [2.24, 2.45) is 5.92 Å². The van der Waals surface area contributed by atoms with Gasteiger partial charge in [-0.15, -0.1) is 0 Å². The molecule has 1 aromatic carbocycles. The molecule has 150 valence electrons. The third-order valence-electron chi connectivity index (χ3n) is 5.78. The van der Waals surface area contributed by atoms with E-state index in [2.05, 4.69) is 45.4 Å². The highest BCUT2D eigenvalue weighted by atomic mass is 19.3. The molecule has 28 heavy (non-hydrogen) atoms. The monoisotopic (exact) mass is 387 g/mol. The van der Waals surface area contributed by atoms with Gasteiger partial charge in [0.25, 0.3) is 6.43 Å². The zero-order valence-electron chi connectivity index (χ0n) is 16.1. The lowest BCUT2D eigenvalue weighted by Crippen LogP contribution is -2.47. The number of nitrogens with one attached hydrogen (secondary N) is 1. The maximum absolute atomic E-state index is 13.5. The van der Waals surface area contributed by atoms with Crippen LogP contribution in [-0.2, 0) is 0 Å². The van der Waals surface area contributed by atoms with Gasteiger partial charge in [0.1, 0.15) is 12.4 Å². The van der Waals surface area contributed by atoms with Crippen LogP contribution in [0.3, 0.4) is 0 Å². The number of anilines is 1. The molecule has 7 heteroatoms. The minimum atomic E-state index is -2.43. The molecule has 1 fully saturated rings. The van der Waals surface area contributed by atoms with Gasteiger partial charge < -0.3 is 5.32 Å². The minimum Gasteiger partial charge on any atom is -0.351 e. The minimum absolute atomic E-state index is 0.0110. The molecule has 0 amide bonds. The van der Waals surface area contributed by atoms with Crippen LogP contribution in [0.5, 0.6) is 0 Å². The molecule has 0 spiro atoms. The lowest BCUT2D eigenvalue weighted by atomic mass is 9.86.